The van der Waals surface area contributed by atoms with E-state index in [1.165, 1.54) is 10.4 Å². The van der Waals surface area contributed by atoms with Gasteiger partial charge in [0.05, 0.1) is 6.54 Å². The van der Waals surface area contributed by atoms with Crippen molar-refractivity contribution in [2.45, 2.75) is 32.9 Å². The fraction of sp³-hybridized carbons (Fsp3) is 0.462. The van der Waals surface area contributed by atoms with Crippen molar-refractivity contribution >= 4 is 0 Å². The Balaban J connectivity index is 1.95. The van der Waals surface area contributed by atoms with Crippen molar-refractivity contribution in [1.82, 2.24) is 20.2 Å². The third-order valence-corrected chi connectivity index (χ3v) is 2.72. The maximum absolute atomic E-state index is 5.66. The second-order valence-corrected chi connectivity index (χ2v) is 4.61. The zero-order valence-electron chi connectivity index (χ0n) is 11.3. The predicted octanol–water partition coefficient (Wildman–Crippen LogP) is 1.33. The summed E-state index contributed by atoms with van der Waals surface area (Å²) in [4.78, 5) is 1.48. The molecule has 2 N–H and O–H groups in total. The normalized spacial score (nSPS) is 10.9. The first kappa shape index (κ1) is 13.5. The van der Waals surface area contributed by atoms with Crippen LogP contribution < -0.4 is 10.5 Å². The largest absolute Gasteiger partial charge is 0.485 e. The minimum Gasteiger partial charge on any atom is -0.485 e. The van der Waals surface area contributed by atoms with Crippen LogP contribution in [0, 0.1) is 0 Å². The highest BCUT2D eigenvalue weighted by Crippen LogP contribution is 2.20. The Morgan fingerprint density at radius 1 is 1.37 bits per heavy atom. The van der Waals surface area contributed by atoms with Crippen molar-refractivity contribution in [2.75, 3.05) is 6.54 Å². The molecule has 0 unspecified atom stereocenters. The average molecular weight is 261 g/mol. The second-order valence-electron chi connectivity index (χ2n) is 4.61. The quantitative estimate of drug-likeness (QED) is 0.848. The van der Waals surface area contributed by atoms with Crippen LogP contribution in [0.25, 0.3) is 0 Å². The van der Waals surface area contributed by atoms with Crippen molar-refractivity contribution in [1.29, 1.82) is 0 Å². The lowest BCUT2D eigenvalue weighted by Crippen LogP contribution is -2.12. The number of aromatic nitrogens is 4. The van der Waals surface area contributed by atoms with Crippen LogP contribution in [0.5, 0.6) is 5.75 Å². The minimum atomic E-state index is 0.312. The average Bonchev–Trinajstić information content (AvgIpc) is 2.85. The third kappa shape index (κ3) is 3.75. The highest BCUT2D eigenvalue weighted by molar-refractivity contribution is 5.30. The molecule has 0 spiro atoms. The van der Waals surface area contributed by atoms with E-state index in [9.17, 15) is 0 Å². The van der Waals surface area contributed by atoms with Crippen molar-refractivity contribution in [3.8, 4) is 5.75 Å². The predicted molar refractivity (Wildman–Crippen MR) is 71.7 cm³/mol. The summed E-state index contributed by atoms with van der Waals surface area (Å²) in [5.74, 6) is 1.86. The lowest BCUT2D eigenvalue weighted by Gasteiger charge is -2.08. The van der Waals surface area contributed by atoms with Crippen LogP contribution in [0.3, 0.4) is 0 Å². The lowest BCUT2D eigenvalue weighted by molar-refractivity contribution is 0.294. The molecule has 0 bridgehead atoms. The molecule has 0 aliphatic carbocycles. The summed E-state index contributed by atoms with van der Waals surface area (Å²) in [5, 5.41) is 12.0. The van der Waals surface area contributed by atoms with Crippen molar-refractivity contribution in [2.24, 2.45) is 5.73 Å². The first-order valence-electron chi connectivity index (χ1n) is 6.38. The van der Waals surface area contributed by atoms with Gasteiger partial charge in [-0.05, 0) is 28.8 Å². The van der Waals surface area contributed by atoms with E-state index in [0.717, 1.165) is 5.75 Å². The molecule has 2 aromatic rings. The van der Waals surface area contributed by atoms with E-state index < -0.39 is 0 Å². The van der Waals surface area contributed by atoms with Gasteiger partial charge in [0, 0.05) is 6.54 Å². The molecule has 0 amide bonds. The van der Waals surface area contributed by atoms with Crippen LogP contribution >= 0.6 is 0 Å². The summed E-state index contributed by atoms with van der Waals surface area (Å²) >= 11 is 0. The van der Waals surface area contributed by atoms with E-state index in [1.54, 1.807) is 0 Å². The highest BCUT2D eigenvalue weighted by atomic mass is 16.5. The Morgan fingerprint density at radius 3 is 2.95 bits per heavy atom. The fourth-order valence-corrected chi connectivity index (χ4v) is 1.66. The Morgan fingerprint density at radius 2 is 2.21 bits per heavy atom. The number of hydrogen-bond donors (Lipinski definition) is 1. The third-order valence-electron chi connectivity index (χ3n) is 2.72. The van der Waals surface area contributed by atoms with Gasteiger partial charge in [0.1, 0.15) is 5.75 Å². The minimum absolute atomic E-state index is 0.312. The number of nitrogens with zero attached hydrogens (tertiary/aromatic N) is 4. The Labute approximate surface area is 112 Å². The molecular formula is C13H19N5O. The zero-order valence-corrected chi connectivity index (χ0v) is 11.3. The summed E-state index contributed by atoms with van der Waals surface area (Å²) in [6, 6.07) is 8.04. The van der Waals surface area contributed by atoms with Gasteiger partial charge in [-0.1, -0.05) is 26.0 Å². The highest BCUT2D eigenvalue weighted by Gasteiger charge is 2.05. The molecule has 2 rings (SSSR count). The maximum atomic E-state index is 5.66. The van der Waals surface area contributed by atoms with Crippen LogP contribution in [0.2, 0.25) is 0 Å². The van der Waals surface area contributed by atoms with Gasteiger partial charge in [-0.15, -0.1) is 10.2 Å². The van der Waals surface area contributed by atoms with Gasteiger partial charge in [0.15, 0.2) is 6.61 Å². The SMILES string of the molecule is CC(C)c1cccc(OCc2nnn(CCN)n2)c1. The van der Waals surface area contributed by atoms with E-state index in [0.29, 0.717) is 31.4 Å². The monoisotopic (exact) mass is 261 g/mol. The molecule has 0 radical (unpaired) electrons. The van der Waals surface area contributed by atoms with Crippen molar-refractivity contribution < 1.29 is 4.74 Å². The van der Waals surface area contributed by atoms with Gasteiger partial charge in [0.25, 0.3) is 0 Å². The Bertz CT molecular complexity index is 523. The number of nitrogens with two attached hydrogens (primary N) is 1. The van der Waals surface area contributed by atoms with Gasteiger partial charge in [-0.3, -0.25) is 0 Å². The van der Waals surface area contributed by atoms with E-state index >= 15 is 0 Å². The second kappa shape index (κ2) is 6.29. The summed E-state index contributed by atoms with van der Waals surface area (Å²) in [6.45, 7) is 5.67. The molecule has 6 heteroatoms. The summed E-state index contributed by atoms with van der Waals surface area (Å²) in [5.41, 5.74) is 6.67. The van der Waals surface area contributed by atoms with E-state index in [2.05, 4.69) is 35.3 Å². The molecule has 19 heavy (non-hydrogen) atoms. The molecule has 6 nitrogen and oxygen atoms in total. The number of benzene rings is 1. The first-order chi connectivity index (χ1) is 9.19. The van der Waals surface area contributed by atoms with Gasteiger partial charge >= 0.3 is 0 Å². The topological polar surface area (TPSA) is 78.9 Å². The van der Waals surface area contributed by atoms with E-state index in [4.69, 9.17) is 10.5 Å². The summed E-state index contributed by atoms with van der Waals surface area (Å²) < 4.78 is 5.66. The first-order valence-corrected chi connectivity index (χ1v) is 6.38. The van der Waals surface area contributed by atoms with Gasteiger partial charge in [-0.25, -0.2) is 0 Å². The number of hydrogen-bond acceptors (Lipinski definition) is 5. The molecule has 0 aliphatic rings. The molecule has 1 aromatic heterocycles. The van der Waals surface area contributed by atoms with Crippen LogP contribution in [-0.4, -0.2) is 26.8 Å². The number of tetrazole rings is 1. The Kier molecular flexibility index (Phi) is 4.46. The zero-order chi connectivity index (χ0) is 13.7. The summed E-state index contributed by atoms with van der Waals surface area (Å²) in [6.07, 6.45) is 0. The molecule has 1 heterocycles. The van der Waals surface area contributed by atoms with E-state index in [-0.39, 0.29) is 0 Å². The van der Waals surface area contributed by atoms with Crippen LogP contribution in [0.4, 0.5) is 0 Å². The maximum Gasteiger partial charge on any atom is 0.212 e. The number of ether oxygens (including phenoxy) is 1. The lowest BCUT2D eigenvalue weighted by atomic mass is 10.0. The molecule has 0 atom stereocenters. The number of rotatable bonds is 6. The molecule has 0 saturated carbocycles. The van der Waals surface area contributed by atoms with Gasteiger partial charge < -0.3 is 10.5 Å². The van der Waals surface area contributed by atoms with Crippen LogP contribution in [0.15, 0.2) is 24.3 Å². The van der Waals surface area contributed by atoms with Crippen molar-refractivity contribution in [3.63, 3.8) is 0 Å². The molecule has 102 valence electrons. The smallest absolute Gasteiger partial charge is 0.212 e. The van der Waals surface area contributed by atoms with Crippen LogP contribution in [-0.2, 0) is 13.2 Å². The van der Waals surface area contributed by atoms with Gasteiger partial charge in [0.2, 0.25) is 5.82 Å². The molecule has 0 fully saturated rings. The molecular weight excluding hydrogens is 242 g/mol. The molecule has 0 aliphatic heterocycles. The van der Waals surface area contributed by atoms with E-state index in [1.807, 2.05) is 18.2 Å². The van der Waals surface area contributed by atoms with Gasteiger partial charge in [-0.2, -0.15) is 4.80 Å². The fourth-order valence-electron chi connectivity index (χ4n) is 1.66. The molecule has 0 saturated heterocycles. The summed E-state index contributed by atoms with van der Waals surface area (Å²) in [7, 11) is 0. The standard InChI is InChI=1S/C13H19N5O/c1-10(2)11-4-3-5-12(8-11)19-9-13-15-17-18(16-13)7-6-14/h3-5,8,10H,6-7,9,14H2,1-2H3. The van der Waals surface area contributed by atoms with Crippen LogP contribution in [0.1, 0.15) is 31.2 Å². The Hall–Kier alpha value is -1.95. The molecule has 1 aromatic carbocycles. The van der Waals surface area contributed by atoms with Crippen molar-refractivity contribution in [3.05, 3.63) is 35.7 Å².